The van der Waals surface area contributed by atoms with Crippen LogP contribution in [0.1, 0.15) is 0 Å². The molecule has 0 aromatic heterocycles. The zero-order valence-corrected chi connectivity index (χ0v) is 11.7. The SMILES string of the molecule is CSC(C#C[Si](C)(C)C)[N+](C)(C)C. The van der Waals surface area contributed by atoms with Crippen molar-refractivity contribution in [2.45, 2.75) is 25.0 Å². The first-order chi connectivity index (χ1) is 5.67. The molecule has 3 heteroatoms. The normalized spacial score (nSPS) is 14.7. The van der Waals surface area contributed by atoms with E-state index < -0.39 is 8.07 Å². The summed E-state index contributed by atoms with van der Waals surface area (Å²) < 4.78 is 0.915. The maximum atomic E-state index is 3.43. The zero-order chi connectivity index (χ0) is 10.7. The van der Waals surface area contributed by atoms with Crippen LogP contribution in [0.4, 0.5) is 0 Å². The van der Waals surface area contributed by atoms with Gasteiger partial charge in [-0.2, -0.15) is 0 Å². The molecule has 0 spiro atoms. The largest absolute Gasteiger partial charge is 0.310 e. The van der Waals surface area contributed by atoms with Crippen LogP contribution in [0.3, 0.4) is 0 Å². The van der Waals surface area contributed by atoms with Gasteiger partial charge in [-0.15, -0.1) is 5.54 Å². The molecular weight excluding hydrogens is 194 g/mol. The van der Waals surface area contributed by atoms with E-state index in [1.54, 1.807) is 0 Å². The minimum Gasteiger partial charge on any atom is -0.310 e. The number of hydrogen-bond donors (Lipinski definition) is 0. The maximum absolute atomic E-state index is 3.43. The highest BCUT2D eigenvalue weighted by Gasteiger charge is 2.20. The lowest BCUT2D eigenvalue weighted by molar-refractivity contribution is -0.872. The van der Waals surface area contributed by atoms with Crippen molar-refractivity contribution >= 4 is 19.8 Å². The topological polar surface area (TPSA) is 0 Å². The van der Waals surface area contributed by atoms with E-state index in [-0.39, 0.29) is 0 Å². The average molecular weight is 216 g/mol. The average Bonchev–Trinajstić information content (AvgIpc) is 1.82. The molecule has 0 bridgehead atoms. The van der Waals surface area contributed by atoms with Crippen molar-refractivity contribution in [2.24, 2.45) is 0 Å². The summed E-state index contributed by atoms with van der Waals surface area (Å²) in [4.78, 5) is 0. The van der Waals surface area contributed by atoms with Crippen molar-refractivity contribution in [3.8, 4) is 11.5 Å². The molecule has 0 saturated carbocycles. The van der Waals surface area contributed by atoms with Crippen LogP contribution in [0.5, 0.6) is 0 Å². The van der Waals surface area contributed by atoms with Gasteiger partial charge in [-0.05, 0) is 12.2 Å². The maximum Gasteiger partial charge on any atom is 0.196 e. The molecule has 1 atom stereocenters. The fourth-order valence-electron chi connectivity index (χ4n) is 0.847. The first kappa shape index (κ1) is 13.1. The molecule has 0 aliphatic carbocycles. The molecule has 0 saturated heterocycles. The predicted octanol–water partition coefficient (Wildman–Crippen LogP) is 2.26. The van der Waals surface area contributed by atoms with E-state index in [1.807, 2.05) is 11.8 Å². The molecule has 1 nitrogen and oxygen atoms in total. The van der Waals surface area contributed by atoms with Gasteiger partial charge in [0.05, 0.1) is 21.1 Å². The van der Waals surface area contributed by atoms with E-state index in [4.69, 9.17) is 0 Å². The van der Waals surface area contributed by atoms with Gasteiger partial charge in [0, 0.05) is 0 Å². The molecule has 0 fully saturated rings. The summed E-state index contributed by atoms with van der Waals surface area (Å²) in [7, 11) is 5.38. The first-order valence-electron chi connectivity index (χ1n) is 4.53. The standard InChI is InChI=1S/C10H22NSSi/c1-11(2,3)10(12-4)8-9-13(5,6)7/h10H,1-7H3/q+1. The van der Waals surface area contributed by atoms with Gasteiger partial charge in [0.2, 0.25) is 0 Å². The smallest absolute Gasteiger partial charge is 0.196 e. The van der Waals surface area contributed by atoms with Crippen molar-refractivity contribution in [1.29, 1.82) is 0 Å². The van der Waals surface area contributed by atoms with Gasteiger partial charge in [-0.25, -0.2) is 0 Å². The highest BCUT2D eigenvalue weighted by atomic mass is 32.2. The molecule has 0 aliphatic heterocycles. The minimum atomic E-state index is -1.20. The third kappa shape index (κ3) is 6.20. The number of quaternary nitrogens is 1. The third-order valence-corrected chi connectivity index (χ3v) is 3.59. The molecule has 0 aliphatic rings. The van der Waals surface area contributed by atoms with Crippen LogP contribution in [0, 0.1) is 11.5 Å². The summed E-state index contributed by atoms with van der Waals surface area (Å²) in [6.45, 7) is 6.85. The van der Waals surface area contributed by atoms with Crippen LogP contribution in [-0.2, 0) is 0 Å². The van der Waals surface area contributed by atoms with Crippen LogP contribution in [0.2, 0.25) is 19.6 Å². The van der Waals surface area contributed by atoms with Gasteiger partial charge in [-0.1, -0.05) is 31.4 Å². The number of hydrogen-bond acceptors (Lipinski definition) is 1. The van der Waals surface area contributed by atoms with Gasteiger partial charge in [0.1, 0.15) is 8.07 Å². The van der Waals surface area contributed by atoms with Crippen LogP contribution in [-0.4, -0.2) is 45.3 Å². The fourth-order valence-corrected chi connectivity index (χ4v) is 2.33. The second-order valence-corrected chi connectivity index (χ2v) is 10.9. The summed E-state index contributed by atoms with van der Waals surface area (Å²) >= 11 is 1.84. The Labute approximate surface area is 88.5 Å². The van der Waals surface area contributed by atoms with Gasteiger partial charge in [-0.3, -0.25) is 0 Å². The molecule has 0 aromatic rings. The molecule has 13 heavy (non-hydrogen) atoms. The Kier molecular flexibility index (Phi) is 4.57. The Morgan fingerprint density at radius 3 is 1.85 bits per heavy atom. The van der Waals surface area contributed by atoms with Crippen LogP contribution < -0.4 is 0 Å². The summed E-state index contributed by atoms with van der Waals surface area (Å²) in [6, 6.07) is 0. The molecule has 0 amide bonds. The Balaban J connectivity index is 4.53. The van der Waals surface area contributed by atoms with E-state index in [2.05, 4.69) is 58.5 Å². The quantitative estimate of drug-likeness (QED) is 0.295. The van der Waals surface area contributed by atoms with Crippen molar-refractivity contribution in [3.05, 3.63) is 0 Å². The monoisotopic (exact) mass is 216 g/mol. The molecule has 0 heterocycles. The van der Waals surface area contributed by atoms with Gasteiger partial charge < -0.3 is 4.48 Å². The highest BCUT2D eigenvalue weighted by molar-refractivity contribution is 7.99. The summed E-state index contributed by atoms with van der Waals surface area (Å²) in [6.07, 6.45) is 2.13. The van der Waals surface area contributed by atoms with E-state index >= 15 is 0 Å². The number of thioether (sulfide) groups is 1. The minimum absolute atomic E-state index is 0.409. The molecule has 76 valence electrons. The first-order valence-corrected chi connectivity index (χ1v) is 9.32. The lowest BCUT2D eigenvalue weighted by atomic mass is 10.5. The lowest BCUT2D eigenvalue weighted by Crippen LogP contribution is -2.42. The van der Waals surface area contributed by atoms with E-state index in [0.717, 1.165) is 4.48 Å². The summed E-state index contributed by atoms with van der Waals surface area (Å²) in [5.74, 6) is 3.40. The third-order valence-electron chi connectivity index (χ3n) is 1.50. The Morgan fingerprint density at radius 2 is 1.62 bits per heavy atom. The predicted molar refractivity (Wildman–Crippen MR) is 66.5 cm³/mol. The van der Waals surface area contributed by atoms with Crippen LogP contribution in [0.25, 0.3) is 0 Å². The van der Waals surface area contributed by atoms with Crippen molar-refractivity contribution in [2.75, 3.05) is 27.4 Å². The van der Waals surface area contributed by atoms with Gasteiger partial charge in [0.25, 0.3) is 0 Å². The molecule has 0 aromatic carbocycles. The second kappa shape index (κ2) is 4.54. The van der Waals surface area contributed by atoms with E-state index in [0.29, 0.717) is 5.37 Å². The van der Waals surface area contributed by atoms with Crippen molar-refractivity contribution < 1.29 is 4.48 Å². The Morgan fingerprint density at radius 1 is 1.15 bits per heavy atom. The highest BCUT2D eigenvalue weighted by Crippen LogP contribution is 2.14. The Hall–Kier alpha value is 0.0869. The molecule has 0 rings (SSSR count). The Bertz CT molecular complexity index is 214. The van der Waals surface area contributed by atoms with E-state index in [1.165, 1.54) is 0 Å². The van der Waals surface area contributed by atoms with Gasteiger partial charge >= 0.3 is 0 Å². The molecule has 1 unspecified atom stereocenters. The van der Waals surface area contributed by atoms with Crippen molar-refractivity contribution in [1.82, 2.24) is 0 Å². The molecule has 0 N–H and O–H groups in total. The van der Waals surface area contributed by atoms with Crippen LogP contribution in [0.15, 0.2) is 0 Å². The summed E-state index contributed by atoms with van der Waals surface area (Å²) in [5, 5.41) is 0.409. The fraction of sp³-hybridized carbons (Fsp3) is 0.800. The number of nitrogens with zero attached hydrogens (tertiary/aromatic N) is 1. The molecular formula is C10H22NSSi+. The van der Waals surface area contributed by atoms with E-state index in [9.17, 15) is 0 Å². The van der Waals surface area contributed by atoms with Gasteiger partial charge in [0.15, 0.2) is 5.37 Å². The number of rotatable bonds is 2. The second-order valence-electron chi connectivity index (χ2n) is 5.22. The molecule has 0 radical (unpaired) electrons. The van der Waals surface area contributed by atoms with Crippen molar-refractivity contribution in [3.63, 3.8) is 0 Å². The summed E-state index contributed by atoms with van der Waals surface area (Å²) in [5.41, 5.74) is 3.43. The zero-order valence-electron chi connectivity index (χ0n) is 9.93. The lowest BCUT2D eigenvalue weighted by Gasteiger charge is -2.29. The van der Waals surface area contributed by atoms with Crippen LogP contribution >= 0.6 is 11.8 Å².